The third-order valence-electron chi connectivity index (χ3n) is 7.07. The number of hydrogen-bond donors (Lipinski definition) is 2. The van der Waals surface area contributed by atoms with Crippen LogP contribution in [0.5, 0.6) is 5.75 Å². The third kappa shape index (κ3) is 7.56. The Labute approximate surface area is 247 Å². The first-order valence-corrected chi connectivity index (χ1v) is 14.9. The number of benzene rings is 3. The van der Waals surface area contributed by atoms with Crippen LogP contribution >= 0.6 is 0 Å². The number of carbonyl (C=O) groups excluding carboxylic acids is 2. The maximum Gasteiger partial charge on any atom is 0.389 e. The minimum Gasteiger partial charge on any atom is -0.496 e. The van der Waals surface area contributed by atoms with E-state index in [1.165, 1.54) is 44.2 Å². The molecule has 1 aromatic heterocycles. The molecule has 0 spiro atoms. The number of H-pyrrole nitrogens is 1. The highest BCUT2D eigenvalue weighted by Gasteiger charge is 2.31. The van der Waals surface area contributed by atoms with Gasteiger partial charge >= 0.3 is 6.18 Å². The second kappa shape index (κ2) is 12.5. The predicted octanol–water partition coefficient (Wildman–Crippen LogP) is 5.85. The monoisotopic (exact) mass is 615 g/mol. The number of carbonyl (C=O) groups is 2. The molecule has 0 fully saturated rings. The first-order chi connectivity index (χ1) is 20.2. The standard InChI is InChI=1S/C31H32F3N3O5S/c1-19(16-31(32,33)34)18-37(3)30(39)23-11-12-26-25(14-23)24(17-35-26)13-21-9-10-22(15-27(21)42-4)29(38)36-43(40,41)28-8-6-5-7-20(28)2/h5-12,14-15,17,19,35H,13,16,18H2,1-4H3,(H,36,38)/t19-/m1/s1. The second-order valence-electron chi connectivity index (χ2n) is 10.6. The number of hydrogen-bond acceptors (Lipinski definition) is 5. The summed E-state index contributed by atoms with van der Waals surface area (Å²) in [5.74, 6) is -1.59. The molecule has 2 amide bonds. The minimum absolute atomic E-state index is 0.00568. The molecule has 4 aromatic rings. The summed E-state index contributed by atoms with van der Waals surface area (Å²) < 4.78 is 71.4. The molecule has 43 heavy (non-hydrogen) atoms. The Morgan fingerprint density at radius 1 is 1.02 bits per heavy atom. The average molecular weight is 616 g/mol. The van der Waals surface area contributed by atoms with Gasteiger partial charge in [-0.25, -0.2) is 13.1 Å². The van der Waals surface area contributed by atoms with Crippen LogP contribution in [0.3, 0.4) is 0 Å². The molecule has 0 bridgehead atoms. The van der Waals surface area contributed by atoms with Crippen LogP contribution in [0.4, 0.5) is 13.2 Å². The van der Waals surface area contributed by atoms with Crippen LogP contribution < -0.4 is 9.46 Å². The minimum atomic E-state index is -4.30. The Morgan fingerprint density at radius 2 is 1.72 bits per heavy atom. The topological polar surface area (TPSA) is 109 Å². The zero-order valence-corrected chi connectivity index (χ0v) is 24.9. The Bertz CT molecular complexity index is 1770. The summed E-state index contributed by atoms with van der Waals surface area (Å²) >= 11 is 0. The van der Waals surface area contributed by atoms with Crippen molar-refractivity contribution in [1.82, 2.24) is 14.6 Å². The van der Waals surface area contributed by atoms with E-state index in [4.69, 9.17) is 4.74 Å². The van der Waals surface area contributed by atoms with E-state index < -0.39 is 40.4 Å². The van der Waals surface area contributed by atoms with Gasteiger partial charge in [0.25, 0.3) is 21.8 Å². The van der Waals surface area contributed by atoms with E-state index in [2.05, 4.69) is 9.71 Å². The molecule has 4 rings (SSSR count). The maximum atomic E-state index is 13.0. The number of aromatic amines is 1. The number of amides is 2. The normalized spacial score (nSPS) is 12.6. The van der Waals surface area contributed by atoms with E-state index in [1.807, 2.05) is 0 Å². The molecule has 12 heteroatoms. The number of nitrogens with one attached hydrogen (secondary N) is 2. The molecular weight excluding hydrogens is 583 g/mol. The van der Waals surface area contributed by atoms with Crippen LogP contribution in [-0.2, 0) is 16.4 Å². The summed E-state index contributed by atoms with van der Waals surface area (Å²) in [6.45, 7) is 3.05. The van der Waals surface area contributed by atoms with Gasteiger partial charge in [0.1, 0.15) is 5.75 Å². The molecule has 228 valence electrons. The molecule has 0 saturated carbocycles. The molecular formula is C31H32F3N3O5S. The van der Waals surface area contributed by atoms with Crippen molar-refractivity contribution in [2.24, 2.45) is 5.92 Å². The Morgan fingerprint density at radius 3 is 2.40 bits per heavy atom. The van der Waals surface area contributed by atoms with Crippen molar-refractivity contribution in [3.8, 4) is 5.75 Å². The summed E-state index contributed by atoms with van der Waals surface area (Å²) in [7, 11) is -1.18. The molecule has 1 atom stereocenters. The van der Waals surface area contributed by atoms with Crippen molar-refractivity contribution in [1.29, 1.82) is 0 Å². The molecule has 8 nitrogen and oxygen atoms in total. The fraction of sp³-hybridized carbons (Fsp3) is 0.290. The number of sulfonamides is 1. The molecule has 0 aliphatic heterocycles. The van der Waals surface area contributed by atoms with Crippen LogP contribution in [0, 0.1) is 12.8 Å². The number of rotatable bonds is 10. The van der Waals surface area contributed by atoms with Gasteiger partial charge in [-0.2, -0.15) is 13.2 Å². The molecule has 0 aliphatic carbocycles. The van der Waals surface area contributed by atoms with Crippen LogP contribution in [0.2, 0.25) is 0 Å². The molecule has 1 heterocycles. The number of fused-ring (bicyclic) bond motifs is 1. The van der Waals surface area contributed by atoms with Crippen molar-refractivity contribution in [2.75, 3.05) is 20.7 Å². The molecule has 0 radical (unpaired) electrons. The molecule has 0 aliphatic rings. The number of alkyl halides is 3. The number of aryl methyl sites for hydroxylation is 1. The highest BCUT2D eigenvalue weighted by molar-refractivity contribution is 7.90. The highest BCUT2D eigenvalue weighted by Crippen LogP contribution is 2.29. The molecule has 0 saturated heterocycles. The summed E-state index contributed by atoms with van der Waals surface area (Å²) in [6, 6.07) is 16.0. The van der Waals surface area contributed by atoms with Gasteiger partial charge in [0.2, 0.25) is 0 Å². The van der Waals surface area contributed by atoms with E-state index in [-0.39, 0.29) is 17.0 Å². The van der Waals surface area contributed by atoms with E-state index in [9.17, 15) is 31.2 Å². The number of aromatic nitrogens is 1. The quantitative estimate of drug-likeness (QED) is 0.233. The SMILES string of the molecule is COc1cc(C(=O)NS(=O)(=O)c2ccccc2C)ccc1Cc1c[nH]c2ccc(C(=O)N(C)C[C@H](C)CC(F)(F)F)cc12. The average Bonchev–Trinajstić information content (AvgIpc) is 3.33. The van der Waals surface area contributed by atoms with Crippen LogP contribution in [-0.4, -0.2) is 57.0 Å². The summed E-state index contributed by atoms with van der Waals surface area (Å²) in [5, 5.41) is 0.746. The largest absolute Gasteiger partial charge is 0.496 e. The van der Waals surface area contributed by atoms with Gasteiger partial charge in [-0.05, 0) is 65.9 Å². The van der Waals surface area contributed by atoms with Crippen molar-refractivity contribution in [3.05, 3.63) is 94.7 Å². The van der Waals surface area contributed by atoms with Gasteiger partial charge < -0.3 is 14.6 Å². The lowest BCUT2D eigenvalue weighted by Crippen LogP contribution is -2.32. The summed E-state index contributed by atoms with van der Waals surface area (Å²) in [5.41, 5.74) is 3.21. The number of halogens is 3. The second-order valence-corrected chi connectivity index (χ2v) is 12.2. The molecule has 2 N–H and O–H groups in total. The Balaban J connectivity index is 1.53. The molecule has 3 aromatic carbocycles. The fourth-order valence-corrected chi connectivity index (χ4v) is 6.24. The highest BCUT2D eigenvalue weighted by atomic mass is 32.2. The lowest BCUT2D eigenvalue weighted by atomic mass is 10.00. The van der Waals surface area contributed by atoms with Gasteiger partial charge in [-0.15, -0.1) is 0 Å². The van der Waals surface area contributed by atoms with Gasteiger partial charge in [-0.3, -0.25) is 9.59 Å². The van der Waals surface area contributed by atoms with Gasteiger partial charge in [-0.1, -0.05) is 31.2 Å². The molecule has 0 unspecified atom stereocenters. The van der Waals surface area contributed by atoms with E-state index in [0.717, 1.165) is 16.5 Å². The number of ether oxygens (including phenoxy) is 1. The summed E-state index contributed by atoms with van der Waals surface area (Å²) in [4.78, 5) is 30.3. The van der Waals surface area contributed by atoms with Gasteiger partial charge in [0.15, 0.2) is 0 Å². The van der Waals surface area contributed by atoms with Crippen molar-refractivity contribution >= 4 is 32.7 Å². The van der Waals surface area contributed by atoms with Crippen LogP contribution in [0.25, 0.3) is 10.9 Å². The lowest BCUT2D eigenvalue weighted by Gasteiger charge is -2.22. The number of nitrogens with zero attached hydrogens (tertiary/aromatic N) is 1. The first kappa shape index (κ1) is 31.6. The first-order valence-electron chi connectivity index (χ1n) is 13.4. The fourth-order valence-electron chi connectivity index (χ4n) is 5.02. The van der Waals surface area contributed by atoms with Crippen LogP contribution in [0.1, 0.15) is 50.8 Å². The Kier molecular flexibility index (Phi) is 9.19. The van der Waals surface area contributed by atoms with Crippen molar-refractivity contribution in [3.63, 3.8) is 0 Å². The van der Waals surface area contributed by atoms with Crippen molar-refractivity contribution < 1.29 is 35.9 Å². The van der Waals surface area contributed by atoms with E-state index >= 15 is 0 Å². The lowest BCUT2D eigenvalue weighted by molar-refractivity contribution is -0.143. The third-order valence-corrected chi connectivity index (χ3v) is 8.56. The number of methoxy groups -OCH3 is 1. The van der Waals surface area contributed by atoms with Crippen LogP contribution in [0.15, 0.2) is 71.8 Å². The smallest absolute Gasteiger partial charge is 0.389 e. The van der Waals surface area contributed by atoms with E-state index in [0.29, 0.717) is 28.9 Å². The Hall–Kier alpha value is -4.32. The zero-order valence-electron chi connectivity index (χ0n) is 24.1. The van der Waals surface area contributed by atoms with E-state index in [1.54, 1.807) is 55.6 Å². The van der Waals surface area contributed by atoms with Gasteiger partial charge in [0, 0.05) is 54.7 Å². The maximum absolute atomic E-state index is 13.0. The summed E-state index contributed by atoms with van der Waals surface area (Å²) in [6.07, 6.45) is -3.15. The zero-order chi connectivity index (χ0) is 31.5. The van der Waals surface area contributed by atoms with Gasteiger partial charge in [0.05, 0.1) is 12.0 Å². The van der Waals surface area contributed by atoms with Crippen molar-refractivity contribution in [2.45, 2.75) is 37.8 Å². The predicted molar refractivity (Wildman–Crippen MR) is 157 cm³/mol.